The average Bonchev–Trinajstić information content (AvgIpc) is 3.30. The van der Waals surface area contributed by atoms with E-state index in [1.165, 1.54) is 18.0 Å². The summed E-state index contributed by atoms with van der Waals surface area (Å²) in [6.45, 7) is -0.265. The van der Waals surface area contributed by atoms with Gasteiger partial charge in [-0.3, -0.25) is 9.59 Å². The van der Waals surface area contributed by atoms with E-state index in [0.29, 0.717) is 28.4 Å². The van der Waals surface area contributed by atoms with Crippen LogP contribution in [0.1, 0.15) is 0 Å². The number of carbonyl (C=O) groups excluding carboxylic acids is 1. The topological polar surface area (TPSA) is 99.8 Å². The Morgan fingerprint density at radius 2 is 1.82 bits per heavy atom. The van der Waals surface area contributed by atoms with Crippen LogP contribution in [0.3, 0.4) is 0 Å². The van der Waals surface area contributed by atoms with Gasteiger partial charge in [-0.2, -0.15) is 10.2 Å². The molecule has 2 heterocycles. The predicted octanol–water partition coefficient (Wildman–Crippen LogP) is 3.37. The van der Waals surface area contributed by atoms with E-state index in [1.54, 1.807) is 31.4 Å². The number of amides is 1. The Labute approximate surface area is 194 Å². The summed E-state index contributed by atoms with van der Waals surface area (Å²) in [6, 6.07) is 20.7. The maximum Gasteiger partial charge on any atom is 0.293 e. The lowest BCUT2D eigenvalue weighted by atomic mass is 10.0. The molecule has 9 nitrogen and oxygen atoms in total. The molecule has 0 aliphatic heterocycles. The van der Waals surface area contributed by atoms with Crippen LogP contribution in [0.5, 0.6) is 11.5 Å². The summed E-state index contributed by atoms with van der Waals surface area (Å²) in [5.41, 5.74) is 1.94. The molecular weight excluding hydrogens is 434 g/mol. The normalized spacial score (nSPS) is 11.0. The first kappa shape index (κ1) is 21.2. The van der Waals surface area contributed by atoms with Crippen molar-refractivity contribution in [1.82, 2.24) is 19.4 Å². The zero-order valence-corrected chi connectivity index (χ0v) is 18.6. The predicted molar refractivity (Wildman–Crippen MR) is 128 cm³/mol. The molecule has 0 saturated heterocycles. The smallest absolute Gasteiger partial charge is 0.293 e. The van der Waals surface area contributed by atoms with Gasteiger partial charge < -0.3 is 14.8 Å². The van der Waals surface area contributed by atoms with Crippen LogP contribution >= 0.6 is 0 Å². The number of nitrogens with zero attached hydrogens (tertiary/aromatic N) is 4. The molecule has 0 aliphatic rings. The lowest BCUT2D eigenvalue weighted by Crippen LogP contribution is -2.30. The third-order valence-electron chi connectivity index (χ3n) is 5.53. The highest BCUT2D eigenvalue weighted by Crippen LogP contribution is 2.29. The molecule has 0 radical (unpaired) electrons. The zero-order valence-electron chi connectivity index (χ0n) is 18.6. The molecule has 0 atom stereocenters. The van der Waals surface area contributed by atoms with Gasteiger partial charge in [-0.1, -0.05) is 42.5 Å². The van der Waals surface area contributed by atoms with E-state index >= 15 is 0 Å². The number of hydrogen-bond donors (Lipinski definition) is 1. The standard InChI is InChI=1S/C25H21N5O4/c1-33-17-10-11-20(23(12-17)34-2)27-24(31)14-29-25(32)22-13-21(28-30(22)15-26-29)19-9-5-7-16-6-3-4-8-18(16)19/h3-13,15H,14H2,1-2H3,(H,27,31). The molecule has 5 rings (SSSR count). The average molecular weight is 455 g/mol. The van der Waals surface area contributed by atoms with Crippen molar-refractivity contribution in [2.75, 3.05) is 19.5 Å². The number of rotatable bonds is 6. The minimum atomic E-state index is -0.420. The fourth-order valence-electron chi connectivity index (χ4n) is 3.86. The first-order chi connectivity index (χ1) is 16.6. The molecule has 0 unspecified atom stereocenters. The van der Waals surface area contributed by atoms with Gasteiger partial charge in [-0.15, -0.1) is 0 Å². The number of methoxy groups -OCH3 is 2. The van der Waals surface area contributed by atoms with Crippen LogP contribution < -0.4 is 20.3 Å². The maximum absolute atomic E-state index is 13.0. The number of carbonyl (C=O) groups is 1. The second-order valence-corrected chi connectivity index (χ2v) is 7.59. The Hall–Kier alpha value is -4.66. The van der Waals surface area contributed by atoms with E-state index < -0.39 is 11.5 Å². The number of benzene rings is 3. The molecule has 170 valence electrons. The second kappa shape index (κ2) is 8.70. The van der Waals surface area contributed by atoms with E-state index in [9.17, 15) is 9.59 Å². The van der Waals surface area contributed by atoms with Gasteiger partial charge in [0.1, 0.15) is 29.9 Å². The van der Waals surface area contributed by atoms with Crippen molar-refractivity contribution < 1.29 is 14.3 Å². The highest BCUT2D eigenvalue weighted by atomic mass is 16.5. The Morgan fingerprint density at radius 1 is 1.00 bits per heavy atom. The van der Waals surface area contributed by atoms with E-state index in [4.69, 9.17) is 9.47 Å². The summed E-state index contributed by atoms with van der Waals surface area (Å²) in [6.07, 6.45) is 1.42. The van der Waals surface area contributed by atoms with Gasteiger partial charge in [0.2, 0.25) is 5.91 Å². The number of anilines is 1. The van der Waals surface area contributed by atoms with Gasteiger partial charge >= 0.3 is 0 Å². The minimum Gasteiger partial charge on any atom is -0.497 e. The number of aromatic nitrogens is 4. The van der Waals surface area contributed by atoms with Crippen LogP contribution in [0.15, 0.2) is 77.9 Å². The van der Waals surface area contributed by atoms with Crippen LogP contribution in [-0.2, 0) is 11.3 Å². The van der Waals surface area contributed by atoms with Crippen LogP contribution in [0.25, 0.3) is 27.5 Å². The quantitative estimate of drug-likeness (QED) is 0.421. The van der Waals surface area contributed by atoms with Crippen molar-refractivity contribution in [3.05, 3.63) is 83.4 Å². The Morgan fingerprint density at radius 3 is 2.65 bits per heavy atom. The van der Waals surface area contributed by atoms with E-state index in [0.717, 1.165) is 21.0 Å². The summed E-state index contributed by atoms with van der Waals surface area (Å²) < 4.78 is 13.0. The van der Waals surface area contributed by atoms with Gasteiger partial charge in [-0.25, -0.2) is 9.20 Å². The molecule has 1 amide bonds. The largest absolute Gasteiger partial charge is 0.497 e. The molecule has 2 aromatic heterocycles. The monoisotopic (exact) mass is 455 g/mol. The lowest BCUT2D eigenvalue weighted by Gasteiger charge is -2.12. The SMILES string of the molecule is COc1ccc(NC(=O)Cn2ncn3nc(-c4cccc5ccccc45)cc3c2=O)c(OC)c1. The Kier molecular flexibility index (Phi) is 5.43. The second-order valence-electron chi connectivity index (χ2n) is 7.59. The molecule has 0 aliphatic carbocycles. The molecule has 0 bridgehead atoms. The van der Waals surface area contributed by atoms with Crippen molar-refractivity contribution in [3.63, 3.8) is 0 Å². The molecule has 0 saturated carbocycles. The third-order valence-corrected chi connectivity index (χ3v) is 5.53. The van der Waals surface area contributed by atoms with Crippen molar-refractivity contribution in [2.24, 2.45) is 0 Å². The van der Waals surface area contributed by atoms with Crippen molar-refractivity contribution in [2.45, 2.75) is 6.54 Å². The summed E-state index contributed by atoms with van der Waals surface area (Å²) in [7, 11) is 3.04. The van der Waals surface area contributed by atoms with Crippen molar-refractivity contribution in [1.29, 1.82) is 0 Å². The van der Waals surface area contributed by atoms with Crippen molar-refractivity contribution in [3.8, 4) is 22.8 Å². The van der Waals surface area contributed by atoms with Gasteiger partial charge in [-0.05, 0) is 29.0 Å². The Bertz CT molecular complexity index is 1580. The summed E-state index contributed by atoms with van der Waals surface area (Å²) in [4.78, 5) is 25.7. The molecule has 9 heteroatoms. The maximum atomic E-state index is 13.0. The Balaban J connectivity index is 1.44. The number of fused-ring (bicyclic) bond motifs is 2. The van der Waals surface area contributed by atoms with Gasteiger partial charge in [0.15, 0.2) is 0 Å². The fourth-order valence-corrected chi connectivity index (χ4v) is 3.86. The summed E-state index contributed by atoms with van der Waals surface area (Å²) in [5, 5.41) is 13.5. The molecule has 34 heavy (non-hydrogen) atoms. The van der Waals surface area contributed by atoms with E-state index in [-0.39, 0.29) is 6.54 Å². The molecule has 5 aromatic rings. The first-order valence-electron chi connectivity index (χ1n) is 10.5. The summed E-state index contributed by atoms with van der Waals surface area (Å²) in [5.74, 6) is 0.621. The summed E-state index contributed by atoms with van der Waals surface area (Å²) >= 11 is 0. The molecule has 1 N–H and O–H groups in total. The molecular formula is C25H21N5O4. The lowest BCUT2D eigenvalue weighted by molar-refractivity contribution is -0.117. The molecule has 0 spiro atoms. The van der Waals surface area contributed by atoms with Crippen LogP contribution in [0, 0.1) is 0 Å². The highest BCUT2D eigenvalue weighted by Gasteiger charge is 2.15. The van der Waals surface area contributed by atoms with Gasteiger partial charge in [0.25, 0.3) is 5.56 Å². The fraction of sp³-hybridized carbons (Fsp3) is 0.120. The number of nitrogens with one attached hydrogen (secondary N) is 1. The van der Waals surface area contributed by atoms with E-state index in [2.05, 4.69) is 15.5 Å². The van der Waals surface area contributed by atoms with E-state index in [1.807, 2.05) is 42.5 Å². The molecule has 3 aromatic carbocycles. The van der Waals surface area contributed by atoms with Gasteiger partial charge in [0.05, 0.1) is 25.6 Å². The number of ether oxygens (including phenoxy) is 2. The highest BCUT2D eigenvalue weighted by molar-refractivity contribution is 5.96. The zero-order chi connectivity index (χ0) is 23.7. The number of hydrogen-bond acceptors (Lipinski definition) is 6. The van der Waals surface area contributed by atoms with Crippen molar-refractivity contribution >= 4 is 27.9 Å². The van der Waals surface area contributed by atoms with Gasteiger partial charge in [0, 0.05) is 11.6 Å². The van der Waals surface area contributed by atoms with Crippen LogP contribution in [-0.4, -0.2) is 39.5 Å². The minimum absolute atomic E-state index is 0.265. The molecule has 0 fully saturated rings. The van der Waals surface area contributed by atoms with Crippen LogP contribution in [0.2, 0.25) is 0 Å². The van der Waals surface area contributed by atoms with Crippen LogP contribution in [0.4, 0.5) is 5.69 Å². The third kappa shape index (κ3) is 3.83. The first-order valence-corrected chi connectivity index (χ1v) is 10.5.